The van der Waals surface area contributed by atoms with Crippen LogP contribution in [0.3, 0.4) is 0 Å². The van der Waals surface area contributed by atoms with Crippen LogP contribution in [-0.4, -0.2) is 43.8 Å². The highest BCUT2D eigenvalue weighted by Crippen LogP contribution is 2.31. The molecule has 0 spiro atoms. The number of ether oxygens (including phenoxy) is 2. The third kappa shape index (κ3) is 5.58. The average molecular weight is 586 g/mol. The Kier molecular flexibility index (Phi) is 8.26. The van der Waals surface area contributed by atoms with Gasteiger partial charge in [0.05, 0.1) is 40.6 Å². The van der Waals surface area contributed by atoms with Crippen molar-refractivity contribution >= 4 is 35.0 Å². The second-order valence-corrected chi connectivity index (χ2v) is 10.8. The molecule has 0 amide bonds. The summed E-state index contributed by atoms with van der Waals surface area (Å²) in [6.45, 7) is 5.78. The van der Waals surface area contributed by atoms with E-state index in [1.807, 2.05) is 43.3 Å². The maximum atomic E-state index is 13.9. The van der Waals surface area contributed by atoms with Gasteiger partial charge < -0.3 is 18.8 Å². The fourth-order valence-corrected chi connectivity index (χ4v) is 5.79. The standard InChI is InChI=1S/C32H31N3O6S/c1-6-39-30(37)22-10-8-20(9-11-22)25-17-16-24(41-25)18-26-29(36)35-28(21-12-14-23(15-13-21)34(4)5)27(31(38)40-7-2)19(3)33-32(35)42-26/h8-18,28H,6-7H2,1-5H3/b26-18+/t28-/m0/s1. The number of anilines is 1. The van der Waals surface area contributed by atoms with Gasteiger partial charge in [0.2, 0.25) is 0 Å². The van der Waals surface area contributed by atoms with Crippen LogP contribution in [0, 0.1) is 0 Å². The third-order valence-corrected chi connectivity index (χ3v) is 7.81. The number of aromatic nitrogens is 1. The average Bonchev–Trinajstić information content (AvgIpc) is 3.57. The SMILES string of the molecule is CCOC(=O)C1=C(C)N=c2s/c(=C/c3ccc(-c4ccc(C(=O)OCC)cc4)o3)c(=O)n2[C@H]1c1ccc(N(C)C)cc1. The van der Waals surface area contributed by atoms with Gasteiger partial charge in [-0.05, 0) is 62.7 Å². The smallest absolute Gasteiger partial charge is 0.338 e. The van der Waals surface area contributed by atoms with Gasteiger partial charge in [-0.25, -0.2) is 14.6 Å². The molecule has 1 aliphatic rings. The molecule has 1 aliphatic heterocycles. The van der Waals surface area contributed by atoms with Gasteiger partial charge in [-0.15, -0.1) is 0 Å². The minimum absolute atomic E-state index is 0.207. The molecule has 3 heterocycles. The molecule has 0 fully saturated rings. The Hall–Kier alpha value is -4.70. The number of furan rings is 1. The molecule has 10 heteroatoms. The van der Waals surface area contributed by atoms with Crippen LogP contribution >= 0.6 is 11.3 Å². The second kappa shape index (κ2) is 12.0. The lowest BCUT2D eigenvalue weighted by Crippen LogP contribution is -2.39. The Morgan fingerprint density at radius 1 is 0.976 bits per heavy atom. The van der Waals surface area contributed by atoms with Crippen molar-refractivity contribution < 1.29 is 23.5 Å². The topological polar surface area (TPSA) is 103 Å². The number of rotatable bonds is 8. The zero-order valence-corrected chi connectivity index (χ0v) is 24.9. The van der Waals surface area contributed by atoms with Crippen molar-refractivity contribution in [1.82, 2.24) is 4.57 Å². The largest absolute Gasteiger partial charge is 0.463 e. The number of carbonyl (C=O) groups excluding carboxylic acids is 2. The molecule has 2 aromatic carbocycles. The van der Waals surface area contributed by atoms with Gasteiger partial charge in [-0.3, -0.25) is 9.36 Å². The molecule has 42 heavy (non-hydrogen) atoms. The van der Waals surface area contributed by atoms with Crippen LogP contribution in [0.25, 0.3) is 17.4 Å². The molecule has 216 valence electrons. The maximum absolute atomic E-state index is 13.9. The highest BCUT2D eigenvalue weighted by Gasteiger charge is 2.33. The lowest BCUT2D eigenvalue weighted by molar-refractivity contribution is -0.139. The van der Waals surface area contributed by atoms with Crippen molar-refractivity contribution in [3.05, 3.63) is 109 Å². The number of hydrogen-bond acceptors (Lipinski definition) is 9. The van der Waals surface area contributed by atoms with Crippen LogP contribution in [0.2, 0.25) is 0 Å². The molecule has 1 atom stereocenters. The quantitative estimate of drug-likeness (QED) is 0.284. The molecule has 4 aromatic rings. The number of fused-ring (bicyclic) bond motifs is 1. The summed E-state index contributed by atoms with van der Waals surface area (Å²) in [5, 5.41) is 0. The Morgan fingerprint density at radius 3 is 2.29 bits per heavy atom. The Balaban J connectivity index is 1.55. The van der Waals surface area contributed by atoms with Gasteiger partial charge in [0.1, 0.15) is 11.5 Å². The maximum Gasteiger partial charge on any atom is 0.338 e. The minimum Gasteiger partial charge on any atom is -0.463 e. The molecular weight excluding hydrogens is 554 g/mol. The molecule has 5 rings (SSSR count). The van der Waals surface area contributed by atoms with E-state index in [2.05, 4.69) is 4.99 Å². The van der Waals surface area contributed by atoms with Crippen LogP contribution in [0.4, 0.5) is 5.69 Å². The van der Waals surface area contributed by atoms with E-state index >= 15 is 0 Å². The monoisotopic (exact) mass is 585 g/mol. The van der Waals surface area contributed by atoms with Crippen molar-refractivity contribution in [2.45, 2.75) is 26.8 Å². The molecule has 0 N–H and O–H groups in total. The normalized spacial score (nSPS) is 14.8. The van der Waals surface area contributed by atoms with Crippen LogP contribution in [0.15, 0.2) is 86.1 Å². The molecule has 0 bridgehead atoms. The summed E-state index contributed by atoms with van der Waals surface area (Å²) in [5.74, 6) is 0.189. The highest BCUT2D eigenvalue weighted by atomic mass is 32.1. The van der Waals surface area contributed by atoms with Crippen LogP contribution in [0.5, 0.6) is 0 Å². The van der Waals surface area contributed by atoms with Crippen LogP contribution < -0.4 is 19.8 Å². The van der Waals surface area contributed by atoms with E-state index in [9.17, 15) is 14.4 Å². The van der Waals surface area contributed by atoms with E-state index in [1.54, 1.807) is 67.8 Å². The van der Waals surface area contributed by atoms with Crippen molar-refractivity contribution in [3.8, 4) is 11.3 Å². The van der Waals surface area contributed by atoms with E-state index in [0.29, 0.717) is 44.3 Å². The fraction of sp³-hybridized carbons (Fsp3) is 0.250. The third-order valence-electron chi connectivity index (χ3n) is 6.82. The molecule has 0 unspecified atom stereocenters. The summed E-state index contributed by atoms with van der Waals surface area (Å²) in [5.41, 5.74) is 3.56. The summed E-state index contributed by atoms with van der Waals surface area (Å²) in [6.07, 6.45) is 1.68. The first-order chi connectivity index (χ1) is 20.2. The second-order valence-electron chi connectivity index (χ2n) is 9.79. The summed E-state index contributed by atoms with van der Waals surface area (Å²) < 4.78 is 18.4. The van der Waals surface area contributed by atoms with Crippen LogP contribution in [-0.2, 0) is 14.3 Å². The minimum atomic E-state index is -0.691. The van der Waals surface area contributed by atoms with E-state index < -0.39 is 12.0 Å². The molecule has 2 aromatic heterocycles. The summed E-state index contributed by atoms with van der Waals surface area (Å²) in [6, 6.07) is 17.6. The number of thiazole rings is 1. The van der Waals surface area contributed by atoms with E-state index in [1.165, 1.54) is 11.3 Å². The predicted molar refractivity (Wildman–Crippen MR) is 161 cm³/mol. The van der Waals surface area contributed by atoms with Crippen molar-refractivity contribution in [2.24, 2.45) is 4.99 Å². The van der Waals surface area contributed by atoms with E-state index in [0.717, 1.165) is 16.8 Å². The first-order valence-corrected chi connectivity index (χ1v) is 14.4. The van der Waals surface area contributed by atoms with Gasteiger partial charge in [0.25, 0.3) is 5.56 Å². The zero-order chi connectivity index (χ0) is 30.0. The highest BCUT2D eigenvalue weighted by molar-refractivity contribution is 7.07. The van der Waals surface area contributed by atoms with Gasteiger partial charge in [-0.2, -0.15) is 0 Å². The van der Waals surface area contributed by atoms with Gasteiger partial charge >= 0.3 is 11.9 Å². The predicted octanol–water partition coefficient (Wildman–Crippen LogP) is 4.30. The number of nitrogens with zero attached hydrogens (tertiary/aromatic N) is 3. The summed E-state index contributed by atoms with van der Waals surface area (Å²) in [7, 11) is 3.90. The lowest BCUT2D eigenvalue weighted by atomic mass is 9.95. The number of benzene rings is 2. The molecule has 9 nitrogen and oxygen atoms in total. The van der Waals surface area contributed by atoms with Gasteiger partial charge in [-0.1, -0.05) is 35.6 Å². The lowest BCUT2D eigenvalue weighted by Gasteiger charge is -2.25. The fourth-order valence-electron chi connectivity index (χ4n) is 4.76. The van der Waals surface area contributed by atoms with Crippen molar-refractivity contribution in [1.29, 1.82) is 0 Å². The molecule has 0 radical (unpaired) electrons. The molecular formula is C32H31N3O6S. The first-order valence-electron chi connectivity index (χ1n) is 13.6. The molecule has 0 saturated heterocycles. The van der Waals surface area contributed by atoms with Crippen LogP contribution in [0.1, 0.15) is 48.5 Å². The first kappa shape index (κ1) is 28.8. The number of esters is 2. The number of allylic oxidation sites excluding steroid dienone is 1. The van der Waals surface area contributed by atoms with E-state index in [-0.39, 0.29) is 18.1 Å². The van der Waals surface area contributed by atoms with Crippen molar-refractivity contribution in [2.75, 3.05) is 32.2 Å². The van der Waals surface area contributed by atoms with Gasteiger partial charge in [0, 0.05) is 31.4 Å². The summed E-state index contributed by atoms with van der Waals surface area (Å²) >= 11 is 1.23. The van der Waals surface area contributed by atoms with E-state index in [4.69, 9.17) is 13.9 Å². The van der Waals surface area contributed by atoms with Gasteiger partial charge in [0.15, 0.2) is 4.80 Å². The Bertz CT molecular complexity index is 1840. The zero-order valence-electron chi connectivity index (χ0n) is 24.0. The van der Waals surface area contributed by atoms with Crippen molar-refractivity contribution in [3.63, 3.8) is 0 Å². The Labute approximate surface area is 246 Å². The summed E-state index contributed by atoms with van der Waals surface area (Å²) in [4.78, 5) is 46.0. The number of carbonyl (C=O) groups is 2. The molecule has 0 aliphatic carbocycles. The Morgan fingerprint density at radius 2 is 1.64 bits per heavy atom. The molecule has 0 saturated carbocycles. The number of hydrogen-bond donors (Lipinski definition) is 0.